The standard InChI is InChI=1S/C11H15FN2/c1-14(2)11-4-3-8(7-9(11)12)10-5-6-13-10/h3-4,7,10,13H,5-6H2,1-2H3. The van der Waals surface area contributed by atoms with Crippen molar-refractivity contribution in [2.75, 3.05) is 25.5 Å². The molecule has 0 spiro atoms. The highest BCUT2D eigenvalue weighted by Gasteiger charge is 2.19. The quantitative estimate of drug-likeness (QED) is 0.773. The highest BCUT2D eigenvalue weighted by molar-refractivity contribution is 5.48. The van der Waals surface area contributed by atoms with Crippen LogP contribution in [0.1, 0.15) is 18.0 Å². The Morgan fingerprint density at radius 3 is 2.57 bits per heavy atom. The number of halogens is 1. The van der Waals surface area contributed by atoms with Gasteiger partial charge in [0.2, 0.25) is 0 Å². The third kappa shape index (κ3) is 1.60. The Balaban J connectivity index is 2.25. The number of hydrogen-bond donors (Lipinski definition) is 1. The summed E-state index contributed by atoms with van der Waals surface area (Å²) in [6, 6.07) is 5.83. The Morgan fingerprint density at radius 2 is 2.14 bits per heavy atom. The lowest BCUT2D eigenvalue weighted by molar-refractivity contribution is 0.382. The summed E-state index contributed by atoms with van der Waals surface area (Å²) in [5, 5.41) is 3.26. The van der Waals surface area contributed by atoms with E-state index in [2.05, 4.69) is 5.32 Å². The van der Waals surface area contributed by atoms with Gasteiger partial charge in [0.05, 0.1) is 5.69 Å². The van der Waals surface area contributed by atoms with Crippen LogP contribution in [0.25, 0.3) is 0 Å². The molecule has 2 rings (SSSR count). The molecule has 1 saturated heterocycles. The minimum absolute atomic E-state index is 0.138. The molecule has 14 heavy (non-hydrogen) atoms. The predicted octanol–water partition coefficient (Wildman–Crippen LogP) is 1.93. The van der Waals surface area contributed by atoms with Crippen LogP contribution in [-0.4, -0.2) is 20.6 Å². The highest BCUT2D eigenvalue weighted by Crippen LogP contribution is 2.26. The van der Waals surface area contributed by atoms with E-state index in [1.807, 2.05) is 26.2 Å². The molecule has 1 aliphatic heterocycles. The summed E-state index contributed by atoms with van der Waals surface area (Å²) < 4.78 is 13.6. The van der Waals surface area contributed by atoms with Crippen LogP contribution in [0.3, 0.4) is 0 Å². The van der Waals surface area contributed by atoms with E-state index in [1.165, 1.54) is 0 Å². The van der Waals surface area contributed by atoms with Crippen molar-refractivity contribution in [1.82, 2.24) is 5.32 Å². The van der Waals surface area contributed by atoms with Crippen LogP contribution in [0.15, 0.2) is 18.2 Å². The average Bonchev–Trinajstić information content (AvgIpc) is 2.00. The summed E-state index contributed by atoms with van der Waals surface area (Å²) in [6.45, 7) is 1.04. The minimum atomic E-state index is -0.138. The number of anilines is 1. The van der Waals surface area contributed by atoms with Gasteiger partial charge < -0.3 is 10.2 Å². The van der Waals surface area contributed by atoms with E-state index < -0.39 is 0 Å². The zero-order valence-electron chi connectivity index (χ0n) is 8.55. The van der Waals surface area contributed by atoms with Gasteiger partial charge in [0.15, 0.2) is 0 Å². The fraction of sp³-hybridized carbons (Fsp3) is 0.455. The Kier molecular flexibility index (Phi) is 2.42. The van der Waals surface area contributed by atoms with Gasteiger partial charge in [0, 0.05) is 20.1 Å². The first kappa shape index (κ1) is 9.46. The van der Waals surface area contributed by atoms with E-state index in [-0.39, 0.29) is 5.82 Å². The van der Waals surface area contributed by atoms with Gasteiger partial charge in [-0.15, -0.1) is 0 Å². The van der Waals surface area contributed by atoms with Gasteiger partial charge in [0.25, 0.3) is 0 Å². The van der Waals surface area contributed by atoms with Crippen LogP contribution in [0.2, 0.25) is 0 Å². The van der Waals surface area contributed by atoms with Crippen LogP contribution in [-0.2, 0) is 0 Å². The first-order chi connectivity index (χ1) is 6.68. The van der Waals surface area contributed by atoms with E-state index in [4.69, 9.17) is 0 Å². The maximum Gasteiger partial charge on any atom is 0.146 e. The zero-order chi connectivity index (χ0) is 10.1. The first-order valence-corrected chi connectivity index (χ1v) is 4.88. The molecule has 0 aliphatic carbocycles. The second-order valence-electron chi connectivity index (χ2n) is 3.90. The molecule has 0 radical (unpaired) electrons. The molecule has 76 valence electrons. The Morgan fingerprint density at radius 1 is 1.43 bits per heavy atom. The van der Waals surface area contributed by atoms with Gasteiger partial charge >= 0.3 is 0 Å². The lowest BCUT2D eigenvalue weighted by Gasteiger charge is -2.28. The van der Waals surface area contributed by atoms with Crippen molar-refractivity contribution < 1.29 is 4.39 Å². The molecule has 1 unspecified atom stereocenters. The molecule has 1 atom stereocenters. The van der Waals surface area contributed by atoms with Crippen LogP contribution in [0, 0.1) is 5.82 Å². The van der Waals surface area contributed by atoms with Gasteiger partial charge in [-0.25, -0.2) is 4.39 Å². The minimum Gasteiger partial charge on any atom is -0.375 e. The smallest absolute Gasteiger partial charge is 0.146 e. The van der Waals surface area contributed by atoms with Gasteiger partial charge in [-0.1, -0.05) is 6.07 Å². The van der Waals surface area contributed by atoms with Crippen molar-refractivity contribution >= 4 is 5.69 Å². The second-order valence-corrected chi connectivity index (χ2v) is 3.90. The van der Waals surface area contributed by atoms with Crippen LogP contribution < -0.4 is 10.2 Å². The van der Waals surface area contributed by atoms with Crippen LogP contribution in [0.5, 0.6) is 0 Å². The molecule has 2 nitrogen and oxygen atoms in total. The third-order valence-electron chi connectivity index (χ3n) is 2.68. The lowest BCUT2D eigenvalue weighted by atomic mass is 9.97. The van der Waals surface area contributed by atoms with Gasteiger partial charge in [0.1, 0.15) is 5.82 Å². The third-order valence-corrected chi connectivity index (χ3v) is 2.68. The summed E-state index contributed by atoms with van der Waals surface area (Å²) in [7, 11) is 3.69. The van der Waals surface area contributed by atoms with E-state index >= 15 is 0 Å². The van der Waals surface area contributed by atoms with Crippen molar-refractivity contribution in [1.29, 1.82) is 0 Å². The van der Waals surface area contributed by atoms with Gasteiger partial charge in [-0.05, 0) is 30.7 Å². The van der Waals surface area contributed by atoms with Gasteiger partial charge in [-0.2, -0.15) is 0 Å². The van der Waals surface area contributed by atoms with E-state index in [0.29, 0.717) is 11.7 Å². The van der Waals surface area contributed by atoms with Crippen molar-refractivity contribution in [3.05, 3.63) is 29.6 Å². The molecule has 1 N–H and O–H groups in total. The Bertz CT molecular complexity index is 332. The summed E-state index contributed by atoms with van der Waals surface area (Å²) in [5.74, 6) is -0.138. The molecular weight excluding hydrogens is 179 g/mol. The number of rotatable bonds is 2. The summed E-state index contributed by atoms with van der Waals surface area (Å²) in [6.07, 6.45) is 1.11. The molecule has 1 fully saturated rings. The summed E-state index contributed by atoms with van der Waals surface area (Å²) in [5.41, 5.74) is 1.70. The molecule has 1 aromatic carbocycles. The maximum atomic E-state index is 13.6. The number of hydrogen-bond acceptors (Lipinski definition) is 2. The maximum absolute atomic E-state index is 13.6. The van der Waals surface area contributed by atoms with E-state index in [9.17, 15) is 4.39 Å². The number of nitrogens with one attached hydrogen (secondary N) is 1. The zero-order valence-corrected chi connectivity index (χ0v) is 8.55. The molecule has 0 aromatic heterocycles. The average molecular weight is 194 g/mol. The molecule has 0 saturated carbocycles. The SMILES string of the molecule is CN(C)c1ccc(C2CCN2)cc1F. The van der Waals surface area contributed by atoms with Crippen LogP contribution >= 0.6 is 0 Å². The first-order valence-electron chi connectivity index (χ1n) is 4.88. The second kappa shape index (κ2) is 3.58. The molecule has 1 aromatic rings. The Hall–Kier alpha value is -1.09. The fourth-order valence-electron chi connectivity index (χ4n) is 1.68. The molecule has 1 aliphatic rings. The molecule has 0 bridgehead atoms. The molecule has 0 amide bonds. The topological polar surface area (TPSA) is 15.3 Å². The number of benzene rings is 1. The highest BCUT2D eigenvalue weighted by atomic mass is 19.1. The largest absolute Gasteiger partial charge is 0.375 e. The monoisotopic (exact) mass is 194 g/mol. The van der Waals surface area contributed by atoms with Crippen molar-refractivity contribution in [2.45, 2.75) is 12.5 Å². The van der Waals surface area contributed by atoms with Crippen molar-refractivity contribution in [3.63, 3.8) is 0 Å². The predicted molar refractivity (Wildman–Crippen MR) is 56.1 cm³/mol. The summed E-state index contributed by atoms with van der Waals surface area (Å²) in [4.78, 5) is 1.79. The van der Waals surface area contributed by atoms with E-state index in [1.54, 1.807) is 11.0 Å². The molecular formula is C11H15FN2. The lowest BCUT2D eigenvalue weighted by Crippen LogP contribution is -2.35. The number of nitrogens with zero attached hydrogens (tertiary/aromatic N) is 1. The van der Waals surface area contributed by atoms with Crippen LogP contribution in [0.4, 0.5) is 10.1 Å². The molecule has 3 heteroatoms. The molecule has 1 heterocycles. The normalized spacial score (nSPS) is 20.4. The van der Waals surface area contributed by atoms with Crippen molar-refractivity contribution in [3.8, 4) is 0 Å². The Labute approximate surface area is 83.7 Å². The van der Waals surface area contributed by atoms with Crippen molar-refractivity contribution in [2.24, 2.45) is 0 Å². The fourth-order valence-corrected chi connectivity index (χ4v) is 1.68. The van der Waals surface area contributed by atoms with Gasteiger partial charge in [-0.3, -0.25) is 0 Å². The van der Waals surface area contributed by atoms with E-state index in [0.717, 1.165) is 18.5 Å². The summed E-state index contributed by atoms with van der Waals surface area (Å²) >= 11 is 0.